The summed E-state index contributed by atoms with van der Waals surface area (Å²) in [6.07, 6.45) is 3.58. The maximum Gasteiger partial charge on any atom is 0.328 e. The van der Waals surface area contributed by atoms with Crippen LogP contribution in [0, 0.1) is 0 Å². The molecule has 0 spiro atoms. The first kappa shape index (κ1) is 12.5. The Morgan fingerprint density at radius 1 is 1.32 bits per heavy atom. The molecular formula is C12H9N3O4. The summed E-state index contributed by atoms with van der Waals surface area (Å²) in [7, 11) is 0. The number of rotatable bonds is 4. The Hall–Kier alpha value is -2.96. The van der Waals surface area contributed by atoms with Gasteiger partial charge in [0.15, 0.2) is 5.69 Å². The lowest BCUT2D eigenvalue weighted by Crippen LogP contribution is -2.13. The van der Waals surface area contributed by atoms with Crippen molar-refractivity contribution in [2.45, 2.75) is 0 Å². The highest BCUT2D eigenvalue weighted by atomic mass is 16.5. The number of hydrogen-bond donors (Lipinski definition) is 2. The highest BCUT2D eigenvalue weighted by molar-refractivity contribution is 6.02. The molecule has 0 bridgehead atoms. The Kier molecular flexibility index (Phi) is 3.67. The summed E-state index contributed by atoms with van der Waals surface area (Å²) < 4.78 is 4.55. The summed E-state index contributed by atoms with van der Waals surface area (Å²) in [5.41, 5.74) is 0.550. The van der Waals surface area contributed by atoms with Crippen molar-refractivity contribution >= 4 is 23.8 Å². The first-order chi connectivity index (χ1) is 9.15. The van der Waals surface area contributed by atoms with Gasteiger partial charge >= 0.3 is 5.97 Å². The summed E-state index contributed by atoms with van der Waals surface area (Å²) in [4.78, 5) is 26.1. The molecule has 0 unspecified atom stereocenters. The van der Waals surface area contributed by atoms with Crippen molar-refractivity contribution in [3.8, 4) is 0 Å². The minimum absolute atomic E-state index is 0.133. The van der Waals surface area contributed by atoms with Crippen molar-refractivity contribution in [1.29, 1.82) is 0 Å². The number of anilines is 1. The Labute approximate surface area is 107 Å². The lowest BCUT2D eigenvalue weighted by atomic mass is 10.3. The number of carboxylic acid groups (broad SMARTS) is 1. The van der Waals surface area contributed by atoms with Crippen LogP contribution in [0.4, 0.5) is 5.82 Å². The smallest absolute Gasteiger partial charge is 0.328 e. The molecular weight excluding hydrogens is 250 g/mol. The van der Waals surface area contributed by atoms with Crippen molar-refractivity contribution in [2.24, 2.45) is 0 Å². The summed E-state index contributed by atoms with van der Waals surface area (Å²) in [5, 5.41) is 14.5. The van der Waals surface area contributed by atoms with Gasteiger partial charge in [0, 0.05) is 12.1 Å². The zero-order chi connectivity index (χ0) is 13.7. The van der Waals surface area contributed by atoms with Gasteiger partial charge in [-0.05, 0) is 18.2 Å². The molecule has 0 saturated carbocycles. The molecule has 0 atom stereocenters. The van der Waals surface area contributed by atoms with Gasteiger partial charge in [0.1, 0.15) is 12.1 Å². The quantitative estimate of drug-likeness (QED) is 0.804. The lowest BCUT2D eigenvalue weighted by molar-refractivity contribution is -0.131. The van der Waals surface area contributed by atoms with Crippen molar-refractivity contribution in [2.75, 3.05) is 5.32 Å². The zero-order valence-corrected chi connectivity index (χ0v) is 9.61. The molecule has 2 aromatic rings. The number of aromatic nitrogens is 2. The number of aliphatic carboxylic acids is 1. The Balaban J connectivity index is 2.11. The molecule has 2 rings (SSSR count). The average Bonchev–Trinajstić information content (AvgIpc) is 2.91. The van der Waals surface area contributed by atoms with Gasteiger partial charge in [0.25, 0.3) is 5.91 Å². The van der Waals surface area contributed by atoms with E-state index >= 15 is 0 Å². The summed E-state index contributed by atoms with van der Waals surface area (Å²) in [6, 6.07) is 6.26. The van der Waals surface area contributed by atoms with Crippen LogP contribution in [-0.2, 0) is 4.79 Å². The van der Waals surface area contributed by atoms with Gasteiger partial charge in [0.05, 0.1) is 5.69 Å². The van der Waals surface area contributed by atoms with E-state index in [4.69, 9.17) is 5.11 Å². The van der Waals surface area contributed by atoms with Crippen molar-refractivity contribution in [3.63, 3.8) is 0 Å². The number of amides is 1. The predicted octanol–water partition coefficient (Wildman–Crippen LogP) is 1.42. The topological polar surface area (TPSA) is 105 Å². The summed E-state index contributed by atoms with van der Waals surface area (Å²) in [5.74, 6) is -1.24. The maximum atomic E-state index is 11.7. The Morgan fingerprint density at radius 2 is 2.16 bits per heavy atom. The van der Waals surface area contributed by atoms with Crippen molar-refractivity contribution < 1.29 is 19.2 Å². The molecule has 0 aromatic carbocycles. The molecule has 2 N–H and O–H groups in total. The molecule has 0 saturated heterocycles. The Morgan fingerprint density at radius 3 is 2.84 bits per heavy atom. The number of carboxylic acids is 1. The van der Waals surface area contributed by atoms with E-state index in [0.717, 1.165) is 6.08 Å². The molecule has 0 fully saturated rings. The van der Waals surface area contributed by atoms with E-state index in [-0.39, 0.29) is 5.69 Å². The molecule has 0 aliphatic heterocycles. The second-order valence-electron chi connectivity index (χ2n) is 3.46. The van der Waals surface area contributed by atoms with Crippen LogP contribution in [0.2, 0.25) is 0 Å². The molecule has 19 heavy (non-hydrogen) atoms. The van der Waals surface area contributed by atoms with E-state index in [1.165, 1.54) is 18.4 Å². The number of nitrogens with zero attached hydrogens (tertiary/aromatic N) is 2. The van der Waals surface area contributed by atoms with Crippen LogP contribution in [-0.4, -0.2) is 27.1 Å². The van der Waals surface area contributed by atoms with E-state index in [9.17, 15) is 9.59 Å². The van der Waals surface area contributed by atoms with E-state index in [2.05, 4.69) is 20.0 Å². The normalized spacial score (nSPS) is 10.5. The molecule has 2 aromatic heterocycles. The Bertz CT molecular complexity index is 620. The van der Waals surface area contributed by atoms with Crippen LogP contribution < -0.4 is 5.32 Å². The highest BCUT2D eigenvalue weighted by Gasteiger charge is 2.09. The number of carbonyl (C=O) groups excluding carboxylic acids is 1. The first-order valence-electron chi connectivity index (χ1n) is 5.25. The molecule has 0 aliphatic carbocycles. The third-order valence-corrected chi connectivity index (χ3v) is 2.08. The fourth-order valence-electron chi connectivity index (χ4n) is 1.28. The standard InChI is InChI=1S/C12H9N3O4/c16-11(17)5-4-8-2-1-3-10(13-8)14-12(18)9-6-7-19-15-9/h1-7H,(H,16,17)(H,13,14,18). The third kappa shape index (κ3) is 3.50. The molecule has 1 amide bonds. The molecule has 0 aliphatic rings. The number of pyridine rings is 1. The van der Waals surface area contributed by atoms with Crippen LogP contribution in [0.3, 0.4) is 0 Å². The van der Waals surface area contributed by atoms with Crippen molar-refractivity contribution in [1.82, 2.24) is 10.1 Å². The van der Waals surface area contributed by atoms with Gasteiger partial charge in [0.2, 0.25) is 0 Å². The fraction of sp³-hybridized carbons (Fsp3) is 0. The minimum atomic E-state index is -1.07. The van der Waals surface area contributed by atoms with Gasteiger partial charge < -0.3 is 14.9 Å². The minimum Gasteiger partial charge on any atom is -0.478 e. The summed E-state index contributed by atoms with van der Waals surface area (Å²) in [6.45, 7) is 0. The van der Waals surface area contributed by atoms with Gasteiger partial charge in [-0.25, -0.2) is 9.78 Å². The van der Waals surface area contributed by atoms with Crippen LogP contribution in [0.15, 0.2) is 41.1 Å². The molecule has 7 heteroatoms. The molecule has 7 nitrogen and oxygen atoms in total. The SMILES string of the molecule is O=C(O)C=Cc1cccc(NC(=O)c2ccon2)n1. The summed E-state index contributed by atoms with van der Waals surface area (Å²) >= 11 is 0. The monoisotopic (exact) mass is 259 g/mol. The van der Waals surface area contributed by atoms with E-state index < -0.39 is 11.9 Å². The van der Waals surface area contributed by atoms with E-state index in [1.807, 2.05) is 0 Å². The van der Waals surface area contributed by atoms with Gasteiger partial charge in [-0.1, -0.05) is 11.2 Å². The largest absolute Gasteiger partial charge is 0.478 e. The van der Waals surface area contributed by atoms with Crippen LogP contribution in [0.25, 0.3) is 6.08 Å². The third-order valence-electron chi connectivity index (χ3n) is 2.08. The number of carbonyl (C=O) groups is 2. The van der Waals surface area contributed by atoms with Crippen LogP contribution in [0.1, 0.15) is 16.2 Å². The van der Waals surface area contributed by atoms with Crippen LogP contribution >= 0.6 is 0 Å². The molecule has 96 valence electrons. The van der Waals surface area contributed by atoms with Gasteiger partial charge in [-0.15, -0.1) is 0 Å². The van der Waals surface area contributed by atoms with E-state index in [0.29, 0.717) is 11.5 Å². The fourth-order valence-corrected chi connectivity index (χ4v) is 1.28. The second-order valence-corrected chi connectivity index (χ2v) is 3.46. The predicted molar refractivity (Wildman–Crippen MR) is 65.4 cm³/mol. The van der Waals surface area contributed by atoms with Crippen molar-refractivity contribution in [3.05, 3.63) is 48.0 Å². The van der Waals surface area contributed by atoms with Crippen LogP contribution in [0.5, 0.6) is 0 Å². The van der Waals surface area contributed by atoms with Gasteiger partial charge in [-0.2, -0.15) is 0 Å². The highest BCUT2D eigenvalue weighted by Crippen LogP contribution is 2.08. The second kappa shape index (κ2) is 5.58. The zero-order valence-electron chi connectivity index (χ0n) is 9.61. The molecule has 2 heterocycles. The van der Waals surface area contributed by atoms with Gasteiger partial charge in [-0.3, -0.25) is 4.79 Å². The lowest BCUT2D eigenvalue weighted by Gasteiger charge is -2.02. The number of hydrogen-bond acceptors (Lipinski definition) is 5. The maximum absolute atomic E-state index is 11.7. The van der Waals surface area contributed by atoms with E-state index in [1.54, 1.807) is 18.2 Å². The number of nitrogens with one attached hydrogen (secondary N) is 1. The molecule has 0 radical (unpaired) electrons. The first-order valence-corrected chi connectivity index (χ1v) is 5.25. The average molecular weight is 259 g/mol.